The SMILES string of the molecule is Cc1c(F)cccc1N(C)C([O])=O. The summed E-state index contributed by atoms with van der Waals surface area (Å²) in [4.78, 5) is 11.3. The van der Waals surface area contributed by atoms with Crippen LogP contribution in [0.3, 0.4) is 0 Å². The molecule has 0 aliphatic carbocycles. The van der Waals surface area contributed by atoms with Gasteiger partial charge in [0.15, 0.2) is 0 Å². The third-order valence-electron chi connectivity index (χ3n) is 1.87. The second-order valence-electron chi connectivity index (χ2n) is 2.71. The Morgan fingerprint density at radius 1 is 1.46 bits per heavy atom. The molecule has 1 rings (SSSR count). The molecule has 1 aromatic carbocycles. The summed E-state index contributed by atoms with van der Waals surface area (Å²) in [5.41, 5.74) is 0.606. The van der Waals surface area contributed by atoms with Crippen LogP contribution in [0, 0.1) is 12.7 Å². The zero-order valence-corrected chi connectivity index (χ0v) is 7.37. The maximum absolute atomic E-state index is 13.0. The van der Waals surface area contributed by atoms with Gasteiger partial charge in [0.1, 0.15) is 5.82 Å². The Morgan fingerprint density at radius 3 is 2.62 bits per heavy atom. The molecule has 1 amide bonds. The van der Waals surface area contributed by atoms with E-state index in [1.54, 1.807) is 0 Å². The highest BCUT2D eigenvalue weighted by molar-refractivity contribution is 5.86. The van der Waals surface area contributed by atoms with Gasteiger partial charge in [-0.15, -0.1) is 0 Å². The lowest BCUT2D eigenvalue weighted by Crippen LogP contribution is -2.23. The van der Waals surface area contributed by atoms with Crippen molar-refractivity contribution in [3.05, 3.63) is 29.6 Å². The number of hydrogen-bond acceptors (Lipinski definition) is 1. The number of nitrogens with zero attached hydrogens (tertiary/aromatic N) is 1. The molecule has 0 aromatic heterocycles. The van der Waals surface area contributed by atoms with Crippen LogP contribution < -0.4 is 4.90 Å². The monoisotopic (exact) mass is 182 g/mol. The van der Waals surface area contributed by atoms with Crippen molar-refractivity contribution in [3.63, 3.8) is 0 Å². The van der Waals surface area contributed by atoms with Gasteiger partial charge in [0, 0.05) is 12.6 Å². The zero-order chi connectivity index (χ0) is 10.0. The topological polar surface area (TPSA) is 40.2 Å². The van der Waals surface area contributed by atoms with Crippen LogP contribution in [0.15, 0.2) is 18.2 Å². The Balaban J connectivity index is 3.15. The Morgan fingerprint density at radius 2 is 2.08 bits per heavy atom. The standard InChI is InChI=1S/C9H9FNO2/c1-6-7(10)4-3-5-8(6)11(2)9(12)13/h3-5H,1-2H3. The number of carbonyl (C=O) groups is 1. The molecule has 3 nitrogen and oxygen atoms in total. The zero-order valence-electron chi connectivity index (χ0n) is 7.37. The van der Waals surface area contributed by atoms with Crippen molar-refractivity contribution in [1.82, 2.24) is 0 Å². The molecule has 0 heterocycles. The molecule has 4 heteroatoms. The summed E-state index contributed by atoms with van der Waals surface area (Å²) in [5, 5.41) is 10.5. The third kappa shape index (κ3) is 1.77. The lowest BCUT2D eigenvalue weighted by atomic mass is 10.2. The molecule has 0 spiro atoms. The van der Waals surface area contributed by atoms with E-state index in [4.69, 9.17) is 0 Å². The average Bonchev–Trinajstić information content (AvgIpc) is 2.08. The molecule has 0 aliphatic rings. The van der Waals surface area contributed by atoms with Crippen LogP contribution in [-0.2, 0) is 5.11 Å². The van der Waals surface area contributed by atoms with Crippen molar-refractivity contribution >= 4 is 11.8 Å². The molecule has 0 N–H and O–H groups in total. The van der Waals surface area contributed by atoms with E-state index in [0.29, 0.717) is 11.3 Å². The molecule has 0 fully saturated rings. The lowest BCUT2D eigenvalue weighted by Gasteiger charge is -2.14. The summed E-state index contributed by atoms with van der Waals surface area (Å²) in [5.74, 6) is -0.425. The van der Waals surface area contributed by atoms with Gasteiger partial charge in [-0.3, -0.25) is 4.90 Å². The van der Waals surface area contributed by atoms with Crippen LogP contribution in [0.4, 0.5) is 14.9 Å². The predicted molar refractivity (Wildman–Crippen MR) is 45.6 cm³/mol. The molecule has 1 radical (unpaired) electrons. The summed E-state index contributed by atoms with van der Waals surface area (Å²) < 4.78 is 13.0. The fraction of sp³-hybridized carbons (Fsp3) is 0.222. The maximum atomic E-state index is 13.0. The van der Waals surface area contributed by atoms with Gasteiger partial charge in [-0.25, -0.2) is 14.3 Å². The highest BCUT2D eigenvalue weighted by atomic mass is 19.1. The molecule has 0 bridgehead atoms. The van der Waals surface area contributed by atoms with Crippen LogP contribution in [0.25, 0.3) is 0 Å². The predicted octanol–water partition coefficient (Wildman–Crippen LogP) is 2.12. The highest BCUT2D eigenvalue weighted by Gasteiger charge is 2.14. The van der Waals surface area contributed by atoms with E-state index in [1.807, 2.05) is 0 Å². The van der Waals surface area contributed by atoms with E-state index in [2.05, 4.69) is 0 Å². The summed E-state index contributed by atoms with van der Waals surface area (Å²) in [6.45, 7) is 1.52. The number of rotatable bonds is 1. The Bertz CT molecular complexity index is 338. The first-order valence-electron chi connectivity index (χ1n) is 3.74. The number of anilines is 1. The van der Waals surface area contributed by atoms with Crippen LogP contribution in [-0.4, -0.2) is 13.1 Å². The second kappa shape index (κ2) is 3.43. The van der Waals surface area contributed by atoms with Crippen molar-refractivity contribution in [3.8, 4) is 0 Å². The Kier molecular flexibility index (Phi) is 2.51. The molecule has 0 saturated carbocycles. The summed E-state index contributed by atoms with van der Waals surface area (Å²) in [6, 6.07) is 4.26. The van der Waals surface area contributed by atoms with Crippen LogP contribution >= 0.6 is 0 Å². The molecule has 1 aromatic rings. The largest absolute Gasteiger partial charge is 0.457 e. The molecule has 0 aliphatic heterocycles. The summed E-state index contributed by atoms with van der Waals surface area (Å²) in [6.07, 6.45) is -1.35. The van der Waals surface area contributed by atoms with E-state index < -0.39 is 11.9 Å². The quantitative estimate of drug-likeness (QED) is 0.655. The minimum absolute atomic E-state index is 0.300. The van der Waals surface area contributed by atoms with E-state index in [0.717, 1.165) is 4.90 Å². The van der Waals surface area contributed by atoms with Gasteiger partial charge >= 0.3 is 6.09 Å². The minimum Gasteiger partial charge on any atom is -0.277 e. The number of halogens is 1. The van der Waals surface area contributed by atoms with Gasteiger partial charge in [-0.1, -0.05) is 6.07 Å². The van der Waals surface area contributed by atoms with Crippen molar-refractivity contribution in [1.29, 1.82) is 0 Å². The lowest BCUT2D eigenvalue weighted by molar-refractivity contribution is 0.178. The number of benzene rings is 1. The maximum Gasteiger partial charge on any atom is 0.457 e. The van der Waals surface area contributed by atoms with Gasteiger partial charge in [-0.2, -0.15) is 0 Å². The smallest absolute Gasteiger partial charge is 0.277 e. The van der Waals surface area contributed by atoms with E-state index in [1.165, 1.54) is 32.2 Å². The second-order valence-corrected chi connectivity index (χ2v) is 2.71. The molecule has 0 saturated heterocycles. The van der Waals surface area contributed by atoms with Crippen LogP contribution in [0.2, 0.25) is 0 Å². The summed E-state index contributed by atoms with van der Waals surface area (Å²) in [7, 11) is 1.32. The number of hydrogen-bond donors (Lipinski definition) is 0. The molecule has 13 heavy (non-hydrogen) atoms. The normalized spacial score (nSPS) is 9.77. The first-order chi connectivity index (χ1) is 6.04. The van der Waals surface area contributed by atoms with Gasteiger partial charge in [0.05, 0.1) is 5.69 Å². The molecule has 69 valence electrons. The van der Waals surface area contributed by atoms with E-state index in [-0.39, 0.29) is 0 Å². The molecule has 0 atom stereocenters. The molecule has 0 unspecified atom stereocenters. The summed E-state index contributed by atoms with van der Waals surface area (Å²) >= 11 is 0. The van der Waals surface area contributed by atoms with Crippen LogP contribution in [0.1, 0.15) is 5.56 Å². The van der Waals surface area contributed by atoms with Crippen molar-refractivity contribution < 1.29 is 14.3 Å². The van der Waals surface area contributed by atoms with Gasteiger partial charge in [0.25, 0.3) is 0 Å². The fourth-order valence-corrected chi connectivity index (χ4v) is 1.06. The number of amides is 1. The van der Waals surface area contributed by atoms with Crippen molar-refractivity contribution in [2.45, 2.75) is 6.92 Å². The first-order valence-corrected chi connectivity index (χ1v) is 3.74. The Hall–Kier alpha value is -1.58. The molecular formula is C9H9FNO2. The van der Waals surface area contributed by atoms with E-state index in [9.17, 15) is 14.3 Å². The van der Waals surface area contributed by atoms with Gasteiger partial charge in [-0.05, 0) is 19.1 Å². The van der Waals surface area contributed by atoms with Crippen LogP contribution in [0.5, 0.6) is 0 Å². The first kappa shape index (κ1) is 9.51. The average molecular weight is 182 g/mol. The van der Waals surface area contributed by atoms with Crippen molar-refractivity contribution in [2.75, 3.05) is 11.9 Å². The number of carbonyl (C=O) groups excluding carboxylic acids is 1. The van der Waals surface area contributed by atoms with E-state index >= 15 is 0 Å². The van der Waals surface area contributed by atoms with Gasteiger partial charge < -0.3 is 0 Å². The highest BCUT2D eigenvalue weighted by Crippen LogP contribution is 2.20. The van der Waals surface area contributed by atoms with Crippen molar-refractivity contribution in [2.24, 2.45) is 0 Å². The molecular weight excluding hydrogens is 173 g/mol. The minimum atomic E-state index is -1.35. The fourth-order valence-electron chi connectivity index (χ4n) is 1.06. The Labute approximate surface area is 75.4 Å². The third-order valence-corrected chi connectivity index (χ3v) is 1.87. The van der Waals surface area contributed by atoms with Gasteiger partial charge in [0.2, 0.25) is 0 Å².